The second-order valence-electron chi connectivity index (χ2n) is 5.81. The number of hydrogen-bond acceptors (Lipinski definition) is 6. The van der Waals surface area contributed by atoms with Crippen LogP contribution in [-0.4, -0.2) is 37.9 Å². The van der Waals surface area contributed by atoms with Crippen LogP contribution in [0, 0.1) is 0 Å². The molecule has 5 rings (SSSR count). The molecule has 0 fully saturated rings. The number of pyridine rings is 3. The molecule has 4 aromatic heterocycles. The number of aromatic nitrogens is 5. The molecule has 0 bridgehead atoms. The zero-order valence-corrected chi connectivity index (χ0v) is 16.4. The summed E-state index contributed by atoms with van der Waals surface area (Å²) in [6.45, 7) is 0.725. The van der Waals surface area contributed by atoms with Gasteiger partial charge < -0.3 is 4.90 Å². The summed E-state index contributed by atoms with van der Waals surface area (Å²) in [4.78, 5) is 18.7. The summed E-state index contributed by atoms with van der Waals surface area (Å²) in [5, 5.41) is 8.17. The third kappa shape index (κ3) is 4.12. The molecule has 138 valence electrons. The van der Waals surface area contributed by atoms with E-state index >= 15 is 0 Å². The Morgan fingerprint density at radius 3 is 2.32 bits per heavy atom. The van der Waals surface area contributed by atoms with E-state index < -0.39 is 0 Å². The van der Waals surface area contributed by atoms with Gasteiger partial charge in [0.2, 0.25) is 0 Å². The van der Waals surface area contributed by atoms with Crippen molar-refractivity contribution in [1.29, 1.82) is 0 Å². The molecule has 8 heteroatoms. The molecule has 0 aliphatic carbocycles. The first kappa shape index (κ1) is 18.0. The van der Waals surface area contributed by atoms with E-state index in [1.54, 1.807) is 24.8 Å². The lowest BCUT2D eigenvalue weighted by Gasteiger charge is -2.16. The number of aromatic amines is 1. The minimum absolute atomic E-state index is 0.725. The monoisotopic (exact) mass is 433 g/mol. The Hall–Kier alpha value is -3.39. The highest BCUT2D eigenvalue weighted by molar-refractivity contribution is 9.10. The Morgan fingerprint density at radius 2 is 1.71 bits per heavy atom. The Morgan fingerprint density at radius 1 is 0.964 bits per heavy atom. The molecule has 28 heavy (non-hydrogen) atoms. The predicted molar refractivity (Wildman–Crippen MR) is 114 cm³/mol. The molecule has 0 saturated carbocycles. The number of rotatable bonds is 2. The molecule has 7 nitrogen and oxygen atoms in total. The molecule has 0 radical (unpaired) electrons. The lowest BCUT2D eigenvalue weighted by molar-refractivity contribution is 1.01. The zero-order chi connectivity index (χ0) is 19.2. The van der Waals surface area contributed by atoms with Crippen LogP contribution in [0.4, 0.5) is 5.82 Å². The van der Waals surface area contributed by atoms with Crippen LogP contribution in [0.5, 0.6) is 0 Å². The largest absolute Gasteiger partial charge is 0.324 e. The quantitative estimate of drug-likeness (QED) is 0.511. The van der Waals surface area contributed by atoms with Gasteiger partial charge in [-0.2, -0.15) is 5.10 Å². The maximum Gasteiger partial charge on any atom is 0.164 e. The first-order chi connectivity index (χ1) is 13.8. The summed E-state index contributed by atoms with van der Waals surface area (Å²) >= 11 is 3.41. The van der Waals surface area contributed by atoms with E-state index in [9.17, 15) is 0 Å². The van der Waals surface area contributed by atoms with Crippen molar-refractivity contribution >= 4 is 39.0 Å². The van der Waals surface area contributed by atoms with E-state index in [4.69, 9.17) is 0 Å². The number of halogens is 1. The summed E-state index contributed by atoms with van der Waals surface area (Å²) in [5.74, 6) is 0.867. The van der Waals surface area contributed by atoms with Gasteiger partial charge in [-0.1, -0.05) is 12.1 Å². The first-order valence-corrected chi connectivity index (χ1v) is 9.37. The highest BCUT2D eigenvalue weighted by atomic mass is 79.9. The summed E-state index contributed by atoms with van der Waals surface area (Å²) in [7, 11) is 0. The molecule has 1 N–H and O–H groups in total. The number of nitrogens with zero attached hydrogens (tertiary/aromatic N) is 6. The van der Waals surface area contributed by atoms with E-state index in [1.807, 2.05) is 59.8 Å². The zero-order valence-electron chi connectivity index (χ0n) is 14.8. The lowest BCUT2D eigenvalue weighted by Crippen LogP contribution is -2.20. The van der Waals surface area contributed by atoms with Gasteiger partial charge in [-0.3, -0.25) is 20.1 Å². The SMILES string of the molecule is Brc1cnc2[nH]nc(N3C=CN=CC3)c2c1.c1ccc(-c2ccccn2)nc1. The Kier molecular flexibility index (Phi) is 5.48. The van der Waals surface area contributed by atoms with Crippen LogP contribution in [0.2, 0.25) is 0 Å². The third-order valence-electron chi connectivity index (χ3n) is 3.94. The second kappa shape index (κ2) is 8.53. The first-order valence-electron chi connectivity index (χ1n) is 8.58. The molecule has 0 spiro atoms. The summed E-state index contributed by atoms with van der Waals surface area (Å²) in [5.41, 5.74) is 2.62. The molecule has 0 unspecified atom stereocenters. The van der Waals surface area contributed by atoms with E-state index in [0.29, 0.717) is 0 Å². The Bertz CT molecular complexity index is 1070. The molecular formula is C20H16BrN7. The van der Waals surface area contributed by atoms with Crippen LogP contribution >= 0.6 is 15.9 Å². The van der Waals surface area contributed by atoms with Gasteiger partial charge in [-0.25, -0.2) is 4.98 Å². The number of anilines is 1. The molecule has 0 aromatic carbocycles. The third-order valence-corrected chi connectivity index (χ3v) is 4.38. The standard InChI is InChI=1S/C10H8BrN5.C10H8N2/c11-7-5-8-9(13-6-7)14-15-10(8)16-3-1-12-2-4-16;1-3-7-11-9(5-1)10-6-2-4-8-12-10/h1-3,5-6H,4H2,(H,13,14,15);1-8H. The Balaban J connectivity index is 0.000000143. The van der Waals surface area contributed by atoms with E-state index in [2.05, 4.69) is 46.1 Å². The molecule has 1 aliphatic rings. The number of hydrogen-bond donors (Lipinski definition) is 1. The number of H-pyrrole nitrogens is 1. The van der Waals surface area contributed by atoms with Gasteiger partial charge in [0.15, 0.2) is 11.5 Å². The summed E-state index contributed by atoms with van der Waals surface area (Å²) in [6, 6.07) is 13.6. The minimum atomic E-state index is 0.725. The van der Waals surface area contributed by atoms with Gasteiger partial charge in [0.1, 0.15) is 0 Å². The highest BCUT2D eigenvalue weighted by Gasteiger charge is 2.13. The predicted octanol–water partition coefficient (Wildman–Crippen LogP) is 4.23. The minimum Gasteiger partial charge on any atom is -0.324 e. The van der Waals surface area contributed by atoms with Gasteiger partial charge in [-0.05, 0) is 46.3 Å². The van der Waals surface area contributed by atoms with E-state index in [1.165, 1.54) is 0 Å². The van der Waals surface area contributed by atoms with Crippen LogP contribution < -0.4 is 4.90 Å². The molecule has 4 aromatic rings. The molecule has 1 aliphatic heterocycles. The fourth-order valence-corrected chi connectivity index (χ4v) is 2.98. The fourth-order valence-electron chi connectivity index (χ4n) is 2.65. The van der Waals surface area contributed by atoms with Crippen LogP contribution in [0.15, 0.2) is 82.9 Å². The van der Waals surface area contributed by atoms with Crippen molar-refractivity contribution in [2.75, 3.05) is 11.4 Å². The van der Waals surface area contributed by atoms with Crippen molar-refractivity contribution in [1.82, 2.24) is 25.1 Å². The number of aliphatic imine (C=N–C) groups is 1. The normalized spacial score (nSPS) is 12.7. The Labute approximate surface area is 170 Å². The van der Waals surface area contributed by atoms with Gasteiger partial charge in [0.05, 0.1) is 23.3 Å². The summed E-state index contributed by atoms with van der Waals surface area (Å²) < 4.78 is 0.942. The van der Waals surface area contributed by atoms with Crippen LogP contribution in [0.3, 0.4) is 0 Å². The van der Waals surface area contributed by atoms with E-state index in [-0.39, 0.29) is 0 Å². The van der Waals surface area contributed by atoms with Crippen LogP contribution in [0.1, 0.15) is 0 Å². The van der Waals surface area contributed by atoms with Crippen molar-refractivity contribution in [2.24, 2.45) is 4.99 Å². The van der Waals surface area contributed by atoms with Gasteiger partial charge in [0.25, 0.3) is 0 Å². The van der Waals surface area contributed by atoms with Crippen molar-refractivity contribution in [3.8, 4) is 11.4 Å². The lowest BCUT2D eigenvalue weighted by atomic mass is 10.2. The average molecular weight is 434 g/mol. The molecule has 0 amide bonds. The topological polar surface area (TPSA) is 83.0 Å². The average Bonchev–Trinajstić information content (AvgIpc) is 3.19. The second-order valence-corrected chi connectivity index (χ2v) is 6.72. The van der Waals surface area contributed by atoms with Crippen LogP contribution in [-0.2, 0) is 0 Å². The van der Waals surface area contributed by atoms with Crippen LogP contribution in [0.25, 0.3) is 22.4 Å². The van der Waals surface area contributed by atoms with Gasteiger partial charge >= 0.3 is 0 Å². The van der Waals surface area contributed by atoms with Crippen molar-refractivity contribution in [3.63, 3.8) is 0 Å². The maximum atomic E-state index is 4.26. The molecule has 0 saturated heterocycles. The van der Waals surface area contributed by atoms with Crippen molar-refractivity contribution in [3.05, 3.63) is 77.9 Å². The highest BCUT2D eigenvalue weighted by Crippen LogP contribution is 2.25. The van der Waals surface area contributed by atoms with Gasteiger partial charge in [-0.15, -0.1) is 0 Å². The number of nitrogens with one attached hydrogen (secondary N) is 1. The van der Waals surface area contributed by atoms with Crippen molar-refractivity contribution < 1.29 is 0 Å². The number of fused-ring (bicyclic) bond motifs is 1. The fraction of sp³-hybridized carbons (Fsp3) is 0.0500. The summed E-state index contributed by atoms with van der Waals surface area (Å²) in [6.07, 6.45) is 10.8. The van der Waals surface area contributed by atoms with Gasteiger partial charge in [0, 0.05) is 41.7 Å². The molecule has 0 atom stereocenters. The smallest absolute Gasteiger partial charge is 0.164 e. The molecule has 5 heterocycles. The molecular weight excluding hydrogens is 418 g/mol. The maximum absolute atomic E-state index is 4.26. The van der Waals surface area contributed by atoms with Crippen molar-refractivity contribution in [2.45, 2.75) is 0 Å². The van der Waals surface area contributed by atoms with E-state index in [0.717, 1.165) is 39.3 Å².